The van der Waals surface area contributed by atoms with Gasteiger partial charge in [-0.15, -0.1) is 0 Å². The molecule has 2 aromatic carbocycles. The van der Waals surface area contributed by atoms with Crippen molar-refractivity contribution >= 4 is 34.7 Å². The van der Waals surface area contributed by atoms with E-state index in [9.17, 15) is 29.4 Å². The third-order valence-corrected chi connectivity index (χ3v) is 7.69. The Morgan fingerprint density at radius 2 is 1.53 bits per heavy atom. The number of carbonyl (C=O) groups excluding carboxylic acids is 3. The maximum absolute atomic E-state index is 13.0. The van der Waals surface area contributed by atoms with Crippen LogP contribution in [0.2, 0.25) is 0 Å². The van der Waals surface area contributed by atoms with Crippen molar-refractivity contribution in [1.29, 1.82) is 0 Å². The first-order valence-electron chi connectivity index (χ1n) is 16.2. The minimum absolute atomic E-state index is 0.0444. The third-order valence-electron chi connectivity index (χ3n) is 7.69. The van der Waals surface area contributed by atoms with Crippen LogP contribution in [0.5, 0.6) is 0 Å². The molecule has 0 spiro atoms. The van der Waals surface area contributed by atoms with Gasteiger partial charge in [0, 0.05) is 30.1 Å². The van der Waals surface area contributed by atoms with Crippen LogP contribution in [-0.2, 0) is 27.3 Å². The highest BCUT2D eigenvalue weighted by atomic mass is 16.4. The summed E-state index contributed by atoms with van der Waals surface area (Å²) in [5.74, 6) is -0.899. The Labute approximate surface area is 276 Å². The maximum Gasteiger partial charge on any atom is 0.405 e. The monoisotopic (exact) mass is 647 g/mol. The number of para-hydroxylation sites is 1. The lowest BCUT2D eigenvalue weighted by Gasteiger charge is -2.26. The molecule has 0 unspecified atom stereocenters. The molecule has 1 heterocycles. The first-order chi connectivity index (χ1) is 22.4. The van der Waals surface area contributed by atoms with Crippen molar-refractivity contribution < 1.29 is 29.4 Å². The van der Waals surface area contributed by atoms with Gasteiger partial charge in [-0.3, -0.25) is 14.4 Å². The summed E-state index contributed by atoms with van der Waals surface area (Å²) in [4.78, 5) is 53.5. The van der Waals surface area contributed by atoms with Crippen LogP contribution < -0.4 is 21.3 Å². The molecule has 11 nitrogen and oxygen atoms in total. The Kier molecular flexibility index (Phi) is 14.5. The number of fused-ring (bicyclic) bond motifs is 1. The Hall–Kier alpha value is -4.64. The normalized spacial score (nSPS) is 14.1. The number of H-pyrrole nitrogens is 1. The van der Waals surface area contributed by atoms with Crippen molar-refractivity contribution in [3.8, 4) is 0 Å². The highest BCUT2D eigenvalue weighted by molar-refractivity contribution is 5.88. The molecule has 3 aromatic rings. The second-order valence-corrected chi connectivity index (χ2v) is 12.8. The number of aliphatic hydroxyl groups excluding tert-OH is 1. The van der Waals surface area contributed by atoms with Crippen molar-refractivity contribution in [2.45, 2.75) is 90.6 Å². The standard InChI is InChI=1S/C36H49N5O6/c1-23(2)17-30(32(42)20-34(44)41-31(18-24(3)4)35(45)38-21-25-11-6-5-7-12-25)40-33(43)16-10-13-27(39-36(46)47)19-26-22-37-29-15-9-8-14-28(26)29/h5-15,22-24,27,30-32,37,39,42H,16-21H2,1-4H3,(H,38,45)(H,40,43)(H,41,44)(H,46,47)/b13-10+/t27-,30+,31+,32+/m1/s1. The quantitative estimate of drug-likeness (QED) is 0.101. The fourth-order valence-corrected chi connectivity index (χ4v) is 5.48. The summed E-state index contributed by atoms with van der Waals surface area (Å²) < 4.78 is 0. The van der Waals surface area contributed by atoms with Crippen LogP contribution >= 0.6 is 0 Å². The molecule has 0 aliphatic carbocycles. The fourth-order valence-electron chi connectivity index (χ4n) is 5.48. The predicted octanol–water partition coefficient (Wildman–Crippen LogP) is 4.42. The Morgan fingerprint density at radius 3 is 2.21 bits per heavy atom. The minimum Gasteiger partial charge on any atom is -0.465 e. The molecule has 47 heavy (non-hydrogen) atoms. The number of aromatic amines is 1. The van der Waals surface area contributed by atoms with Gasteiger partial charge in [0.25, 0.3) is 0 Å². The minimum atomic E-state index is -1.18. The summed E-state index contributed by atoms with van der Waals surface area (Å²) in [7, 11) is 0. The molecule has 0 radical (unpaired) electrons. The van der Waals surface area contributed by atoms with Crippen molar-refractivity contribution in [1.82, 2.24) is 26.3 Å². The second-order valence-electron chi connectivity index (χ2n) is 12.8. The number of amides is 4. The Balaban J connectivity index is 1.57. The van der Waals surface area contributed by atoms with Gasteiger partial charge in [0.1, 0.15) is 6.04 Å². The van der Waals surface area contributed by atoms with Crippen LogP contribution in [0.15, 0.2) is 72.9 Å². The summed E-state index contributed by atoms with van der Waals surface area (Å²) >= 11 is 0. The molecular formula is C36H49N5O6. The van der Waals surface area contributed by atoms with Gasteiger partial charge in [-0.05, 0) is 48.3 Å². The molecule has 4 atom stereocenters. The predicted molar refractivity (Wildman–Crippen MR) is 182 cm³/mol. The van der Waals surface area contributed by atoms with Crippen LogP contribution in [0.1, 0.15) is 64.5 Å². The lowest BCUT2D eigenvalue weighted by Crippen LogP contribution is -2.50. The second kappa shape index (κ2) is 18.5. The van der Waals surface area contributed by atoms with E-state index >= 15 is 0 Å². The van der Waals surface area contributed by atoms with E-state index in [1.54, 1.807) is 12.2 Å². The molecule has 11 heteroatoms. The van der Waals surface area contributed by atoms with E-state index in [4.69, 9.17) is 0 Å². The van der Waals surface area contributed by atoms with E-state index in [1.807, 2.05) is 88.5 Å². The average Bonchev–Trinajstić information content (AvgIpc) is 3.41. The fraction of sp³-hybridized carbons (Fsp3) is 0.444. The van der Waals surface area contributed by atoms with Gasteiger partial charge in [-0.1, -0.05) is 88.4 Å². The number of hydrogen-bond acceptors (Lipinski definition) is 5. The highest BCUT2D eigenvalue weighted by Gasteiger charge is 2.27. The van der Waals surface area contributed by atoms with Gasteiger partial charge in [0.2, 0.25) is 17.7 Å². The van der Waals surface area contributed by atoms with Crippen molar-refractivity contribution in [2.24, 2.45) is 11.8 Å². The number of carbonyl (C=O) groups is 4. The van der Waals surface area contributed by atoms with Gasteiger partial charge >= 0.3 is 6.09 Å². The van der Waals surface area contributed by atoms with Gasteiger partial charge in [0.05, 0.1) is 24.6 Å². The number of hydrogen-bond donors (Lipinski definition) is 7. The van der Waals surface area contributed by atoms with Crippen molar-refractivity contribution in [3.63, 3.8) is 0 Å². The van der Waals surface area contributed by atoms with Crippen molar-refractivity contribution in [3.05, 3.63) is 84.1 Å². The molecule has 254 valence electrons. The number of nitrogens with one attached hydrogen (secondary N) is 5. The SMILES string of the molecule is CC(C)C[C@H](NC(=O)C[C@H](O)[C@H](CC(C)C)NC(=O)C/C=C/[C@H](Cc1c[nH]c2ccccc12)NC(=O)O)C(=O)NCc1ccccc1. The van der Waals surface area contributed by atoms with Crippen LogP contribution in [0.3, 0.4) is 0 Å². The number of carboxylic acid groups (broad SMARTS) is 1. The highest BCUT2D eigenvalue weighted by Crippen LogP contribution is 2.19. The molecule has 0 saturated heterocycles. The topological polar surface area (TPSA) is 173 Å². The van der Waals surface area contributed by atoms with Crippen LogP contribution in [0, 0.1) is 11.8 Å². The van der Waals surface area contributed by atoms with Crippen molar-refractivity contribution in [2.75, 3.05) is 0 Å². The van der Waals surface area contributed by atoms with E-state index in [2.05, 4.69) is 26.3 Å². The smallest absolute Gasteiger partial charge is 0.405 e. The molecule has 0 aliphatic heterocycles. The zero-order valence-corrected chi connectivity index (χ0v) is 27.7. The molecular weight excluding hydrogens is 598 g/mol. The molecule has 4 amide bonds. The summed E-state index contributed by atoms with van der Waals surface area (Å²) in [6, 6.07) is 15.2. The van der Waals surface area contributed by atoms with Gasteiger partial charge < -0.3 is 36.5 Å². The molecule has 1 aromatic heterocycles. The van der Waals surface area contributed by atoms with Crippen LogP contribution in [-0.4, -0.2) is 63.2 Å². The molecule has 0 saturated carbocycles. The zero-order valence-electron chi connectivity index (χ0n) is 27.7. The summed E-state index contributed by atoms with van der Waals surface area (Å²) in [5, 5.41) is 32.4. The Morgan fingerprint density at radius 1 is 0.851 bits per heavy atom. The average molecular weight is 648 g/mol. The largest absolute Gasteiger partial charge is 0.465 e. The summed E-state index contributed by atoms with van der Waals surface area (Å²) in [6.07, 6.45) is 3.65. The van der Waals surface area contributed by atoms with Gasteiger partial charge in [-0.25, -0.2) is 4.79 Å². The van der Waals surface area contributed by atoms with Crippen LogP contribution in [0.25, 0.3) is 10.9 Å². The molecule has 3 rings (SSSR count). The number of aliphatic hydroxyl groups is 1. The zero-order chi connectivity index (χ0) is 34.3. The first-order valence-corrected chi connectivity index (χ1v) is 16.2. The van der Waals surface area contributed by atoms with E-state index in [1.165, 1.54) is 0 Å². The first kappa shape index (κ1) is 36.8. The number of rotatable bonds is 18. The summed E-state index contributed by atoms with van der Waals surface area (Å²) in [5.41, 5.74) is 2.83. The van der Waals surface area contributed by atoms with Crippen LogP contribution in [0.4, 0.5) is 4.79 Å². The summed E-state index contributed by atoms with van der Waals surface area (Å²) in [6.45, 7) is 8.16. The van der Waals surface area contributed by atoms with E-state index in [0.29, 0.717) is 25.8 Å². The number of aromatic nitrogens is 1. The van der Waals surface area contributed by atoms with Gasteiger partial charge in [0.15, 0.2) is 0 Å². The van der Waals surface area contributed by atoms with Gasteiger partial charge in [-0.2, -0.15) is 0 Å². The third kappa shape index (κ3) is 12.9. The molecule has 0 aliphatic rings. The molecule has 0 fully saturated rings. The molecule has 0 bridgehead atoms. The molecule has 7 N–H and O–H groups in total. The van der Waals surface area contributed by atoms with E-state index < -0.39 is 36.2 Å². The maximum atomic E-state index is 13.0. The van der Waals surface area contributed by atoms with E-state index in [-0.39, 0.29) is 36.5 Å². The lowest BCUT2D eigenvalue weighted by molar-refractivity contribution is -0.131. The number of benzene rings is 2. The lowest BCUT2D eigenvalue weighted by atomic mass is 9.96. The van der Waals surface area contributed by atoms with E-state index in [0.717, 1.165) is 22.0 Å². The Bertz CT molecular complexity index is 1490.